The van der Waals surface area contributed by atoms with Crippen LogP contribution in [-0.2, 0) is 0 Å². The molecule has 0 spiro atoms. The Hall–Kier alpha value is -1.28. The summed E-state index contributed by atoms with van der Waals surface area (Å²) in [5.41, 5.74) is 0.217. The fourth-order valence-electron chi connectivity index (χ4n) is 0.502. The summed E-state index contributed by atoms with van der Waals surface area (Å²) in [5.74, 6) is 0.328. The molecule has 0 radical (unpaired) electrons. The van der Waals surface area contributed by atoms with Crippen molar-refractivity contribution in [2.75, 3.05) is 0 Å². The van der Waals surface area contributed by atoms with Gasteiger partial charge in [0, 0.05) is 0 Å². The van der Waals surface area contributed by atoms with Crippen LogP contribution < -0.4 is 0 Å². The summed E-state index contributed by atoms with van der Waals surface area (Å²) in [7, 11) is 0. The van der Waals surface area contributed by atoms with E-state index in [1.54, 1.807) is 6.08 Å². The maximum absolute atomic E-state index is 8.33. The van der Waals surface area contributed by atoms with Gasteiger partial charge in [-0.25, -0.2) is 0 Å². The Balaban J connectivity index is 4.18. The molecular formula is C8H10N2. The lowest BCUT2D eigenvalue weighted by molar-refractivity contribution is 0.696. The van der Waals surface area contributed by atoms with E-state index in [1.165, 1.54) is 0 Å². The summed E-state index contributed by atoms with van der Waals surface area (Å²) in [6.07, 6.45) is 2.66. The molecule has 0 saturated heterocycles. The third-order valence-electron chi connectivity index (χ3n) is 1.34. The van der Waals surface area contributed by atoms with Gasteiger partial charge < -0.3 is 0 Å². The lowest BCUT2D eigenvalue weighted by Crippen LogP contribution is -1.86. The fourth-order valence-corrected chi connectivity index (χ4v) is 0.502. The minimum atomic E-state index is 0.217. The van der Waals surface area contributed by atoms with Crippen LogP contribution in [0, 0.1) is 28.6 Å². The predicted molar refractivity (Wildman–Crippen MR) is 38.8 cm³/mol. The first-order valence-electron chi connectivity index (χ1n) is 3.26. The zero-order valence-electron chi connectivity index (χ0n) is 6.26. The normalized spacial score (nSPS) is 10.8. The molecule has 52 valence electrons. The third kappa shape index (κ3) is 2.89. The Labute approximate surface area is 61.4 Å². The average molecular weight is 134 g/mol. The van der Waals surface area contributed by atoms with Gasteiger partial charge in [-0.2, -0.15) is 10.5 Å². The first kappa shape index (κ1) is 8.72. The number of nitrogens with zero attached hydrogens (tertiary/aromatic N) is 2. The minimum absolute atomic E-state index is 0.217. The molecule has 2 nitrogen and oxygen atoms in total. The van der Waals surface area contributed by atoms with E-state index in [4.69, 9.17) is 10.5 Å². The van der Waals surface area contributed by atoms with E-state index in [0.717, 1.165) is 6.42 Å². The lowest BCUT2D eigenvalue weighted by atomic mass is 10.1. The molecule has 0 rings (SSSR count). The summed E-state index contributed by atoms with van der Waals surface area (Å²) in [4.78, 5) is 0. The Bertz CT molecular complexity index is 186. The van der Waals surface area contributed by atoms with Gasteiger partial charge in [0.05, 0.1) is 0 Å². The summed E-state index contributed by atoms with van der Waals surface area (Å²) in [6.45, 7) is 4.00. The number of hydrogen-bond donors (Lipinski definition) is 0. The summed E-state index contributed by atoms with van der Waals surface area (Å²) in [6, 6.07) is 3.63. The Morgan fingerprint density at radius 1 is 1.50 bits per heavy atom. The maximum Gasteiger partial charge on any atom is 0.125 e. The molecule has 0 saturated carbocycles. The molecule has 0 aliphatic rings. The molecule has 1 atom stereocenters. The van der Waals surface area contributed by atoms with Gasteiger partial charge in [0.1, 0.15) is 17.7 Å². The van der Waals surface area contributed by atoms with Crippen molar-refractivity contribution >= 4 is 0 Å². The predicted octanol–water partition coefficient (Wildman–Crippen LogP) is 2.01. The monoisotopic (exact) mass is 134 g/mol. The van der Waals surface area contributed by atoms with E-state index in [0.29, 0.717) is 5.92 Å². The van der Waals surface area contributed by atoms with E-state index in [1.807, 2.05) is 26.0 Å². The highest BCUT2D eigenvalue weighted by molar-refractivity contribution is 5.35. The van der Waals surface area contributed by atoms with Crippen molar-refractivity contribution in [3.8, 4) is 12.1 Å². The van der Waals surface area contributed by atoms with Crippen LogP contribution in [0.15, 0.2) is 11.6 Å². The van der Waals surface area contributed by atoms with Gasteiger partial charge in [-0.3, -0.25) is 0 Å². The quantitative estimate of drug-likeness (QED) is 0.542. The van der Waals surface area contributed by atoms with Gasteiger partial charge >= 0.3 is 0 Å². The van der Waals surface area contributed by atoms with Crippen molar-refractivity contribution < 1.29 is 0 Å². The molecule has 0 heterocycles. The van der Waals surface area contributed by atoms with Gasteiger partial charge in [0.25, 0.3) is 0 Å². The van der Waals surface area contributed by atoms with E-state index >= 15 is 0 Å². The lowest BCUT2D eigenvalue weighted by Gasteiger charge is -1.97. The molecule has 0 bridgehead atoms. The molecule has 0 N–H and O–H groups in total. The van der Waals surface area contributed by atoms with Crippen molar-refractivity contribution in [1.29, 1.82) is 10.5 Å². The van der Waals surface area contributed by atoms with Crippen LogP contribution >= 0.6 is 0 Å². The Morgan fingerprint density at radius 2 is 2.00 bits per heavy atom. The van der Waals surface area contributed by atoms with Crippen molar-refractivity contribution in [2.45, 2.75) is 20.3 Å². The molecule has 10 heavy (non-hydrogen) atoms. The topological polar surface area (TPSA) is 47.6 Å². The van der Waals surface area contributed by atoms with Crippen LogP contribution in [0.4, 0.5) is 0 Å². The second-order valence-electron chi connectivity index (χ2n) is 2.19. The van der Waals surface area contributed by atoms with E-state index in [2.05, 4.69) is 0 Å². The summed E-state index contributed by atoms with van der Waals surface area (Å²) in [5, 5.41) is 16.7. The van der Waals surface area contributed by atoms with Crippen LogP contribution in [0.2, 0.25) is 0 Å². The van der Waals surface area contributed by atoms with E-state index in [-0.39, 0.29) is 5.57 Å². The SMILES string of the molecule is CC[C@H](C)C=C(C#N)C#N. The van der Waals surface area contributed by atoms with Crippen molar-refractivity contribution in [3.63, 3.8) is 0 Å². The average Bonchev–Trinajstić information content (AvgIpc) is 1.99. The van der Waals surface area contributed by atoms with Crippen LogP contribution in [0.25, 0.3) is 0 Å². The zero-order chi connectivity index (χ0) is 7.98. The first-order valence-corrected chi connectivity index (χ1v) is 3.26. The molecular weight excluding hydrogens is 124 g/mol. The van der Waals surface area contributed by atoms with Gasteiger partial charge in [0.15, 0.2) is 0 Å². The van der Waals surface area contributed by atoms with Crippen LogP contribution in [0.5, 0.6) is 0 Å². The second-order valence-corrected chi connectivity index (χ2v) is 2.19. The molecule has 0 aliphatic heterocycles. The minimum Gasteiger partial charge on any atom is -0.192 e. The highest BCUT2D eigenvalue weighted by Gasteiger charge is 1.96. The molecule has 0 amide bonds. The van der Waals surface area contributed by atoms with Crippen LogP contribution in [-0.4, -0.2) is 0 Å². The number of hydrogen-bond acceptors (Lipinski definition) is 2. The highest BCUT2D eigenvalue weighted by atomic mass is 14.3. The summed E-state index contributed by atoms with van der Waals surface area (Å²) < 4.78 is 0. The smallest absolute Gasteiger partial charge is 0.125 e. The number of allylic oxidation sites excluding steroid dienone is 2. The molecule has 2 heteroatoms. The second kappa shape index (κ2) is 4.58. The van der Waals surface area contributed by atoms with Crippen molar-refractivity contribution in [1.82, 2.24) is 0 Å². The molecule has 0 aromatic rings. The standard InChI is InChI=1S/C8H10N2/c1-3-7(2)4-8(5-9)6-10/h4,7H,3H2,1-2H3/t7-/m0/s1. The van der Waals surface area contributed by atoms with Crippen LogP contribution in [0.3, 0.4) is 0 Å². The van der Waals surface area contributed by atoms with Gasteiger partial charge in [-0.05, 0) is 5.92 Å². The zero-order valence-corrected chi connectivity index (χ0v) is 6.26. The first-order chi connectivity index (χ1) is 4.74. The Morgan fingerprint density at radius 3 is 2.30 bits per heavy atom. The Kier molecular flexibility index (Phi) is 4.00. The molecule has 0 fully saturated rings. The molecule has 0 aromatic carbocycles. The van der Waals surface area contributed by atoms with Crippen molar-refractivity contribution in [2.24, 2.45) is 5.92 Å². The molecule has 0 aliphatic carbocycles. The molecule has 0 aromatic heterocycles. The highest BCUT2D eigenvalue weighted by Crippen LogP contribution is 2.05. The van der Waals surface area contributed by atoms with Crippen LogP contribution in [0.1, 0.15) is 20.3 Å². The number of rotatable bonds is 2. The van der Waals surface area contributed by atoms with Gasteiger partial charge in [-0.15, -0.1) is 0 Å². The fraction of sp³-hybridized carbons (Fsp3) is 0.500. The molecule has 0 unspecified atom stereocenters. The van der Waals surface area contributed by atoms with E-state index in [9.17, 15) is 0 Å². The van der Waals surface area contributed by atoms with Gasteiger partial charge in [0.2, 0.25) is 0 Å². The van der Waals surface area contributed by atoms with Crippen molar-refractivity contribution in [3.05, 3.63) is 11.6 Å². The summed E-state index contributed by atoms with van der Waals surface area (Å²) >= 11 is 0. The maximum atomic E-state index is 8.33. The van der Waals surface area contributed by atoms with Gasteiger partial charge in [-0.1, -0.05) is 26.3 Å². The van der Waals surface area contributed by atoms with E-state index < -0.39 is 0 Å². The third-order valence-corrected chi connectivity index (χ3v) is 1.34. The largest absolute Gasteiger partial charge is 0.192 e. The number of nitriles is 2.